The summed E-state index contributed by atoms with van der Waals surface area (Å²) in [6, 6.07) is 6.73. The molecule has 19 heavy (non-hydrogen) atoms. The van der Waals surface area contributed by atoms with Crippen molar-refractivity contribution < 1.29 is 4.74 Å². The zero-order valence-corrected chi connectivity index (χ0v) is 12.5. The van der Waals surface area contributed by atoms with Gasteiger partial charge in [0.1, 0.15) is 5.75 Å². The molecule has 1 fully saturated rings. The van der Waals surface area contributed by atoms with Gasteiger partial charge in [-0.3, -0.25) is 0 Å². The Morgan fingerprint density at radius 1 is 1.32 bits per heavy atom. The SMILES string of the molecule is CCCC1CCC(N)C(c2ccc(OC)cc2C)C1. The van der Waals surface area contributed by atoms with Crippen LogP contribution in [0.4, 0.5) is 0 Å². The largest absolute Gasteiger partial charge is 0.497 e. The smallest absolute Gasteiger partial charge is 0.119 e. The summed E-state index contributed by atoms with van der Waals surface area (Å²) in [4.78, 5) is 0. The molecule has 0 amide bonds. The average Bonchev–Trinajstić information content (AvgIpc) is 2.41. The highest BCUT2D eigenvalue weighted by Crippen LogP contribution is 2.39. The molecule has 1 saturated carbocycles. The van der Waals surface area contributed by atoms with E-state index < -0.39 is 0 Å². The Balaban J connectivity index is 2.18. The summed E-state index contributed by atoms with van der Waals surface area (Å²) < 4.78 is 5.29. The maximum atomic E-state index is 6.38. The molecule has 1 aliphatic rings. The summed E-state index contributed by atoms with van der Waals surface area (Å²) in [6.07, 6.45) is 6.36. The van der Waals surface area contributed by atoms with E-state index in [1.165, 1.54) is 43.2 Å². The molecule has 1 aromatic rings. The zero-order valence-electron chi connectivity index (χ0n) is 12.5. The Bertz CT molecular complexity index is 416. The van der Waals surface area contributed by atoms with Crippen molar-refractivity contribution in [2.24, 2.45) is 11.7 Å². The Kier molecular flexibility index (Phi) is 4.87. The van der Waals surface area contributed by atoms with Gasteiger partial charge >= 0.3 is 0 Å². The first-order valence-corrected chi connectivity index (χ1v) is 7.55. The molecule has 2 rings (SSSR count). The van der Waals surface area contributed by atoms with Gasteiger partial charge in [-0.25, -0.2) is 0 Å². The van der Waals surface area contributed by atoms with E-state index in [0.717, 1.165) is 11.7 Å². The number of benzene rings is 1. The van der Waals surface area contributed by atoms with Crippen LogP contribution in [-0.2, 0) is 0 Å². The number of aryl methyl sites for hydroxylation is 1. The van der Waals surface area contributed by atoms with Crippen LogP contribution in [0.1, 0.15) is 56.1 Å². The number of nitrogens with two attached hydrogens (primary N) is 1. The minimum Gasteiger partial charge on any atom is -0.497 e. The lowest BCUT2D eigenvalue weighted by Gasteiger charge is -2.35. The predicted molar refractivity (Wildman–Crippen MR) is 80.7 cm³/mol. The van der Waals surface area contributed by atoms with Crippen molar-refractivity contribution in [1.82, 2.24) is 0 Å². The van der Waals surface area contributed by atoms with Gasteiger partial charge in [0.15, 0.2) is 0 Å². The highest BCUT2D eigenvalue weighted by Gasteiger charge is 2.29. The van der Waals surface area contributed by atoms with Crippen LogP contribution in [0.5, 0.6) is 5.75 Å². The Morgan fingerprint density at radius 3 is 2.74 bits per heavy atom. The van der Waals surface area contributed by atoms with E-state index in [-0.39, 0.29) is 0 Å². The summed E-state index contributed by atoms with van der Waals surface area (Å²) >= 11 is 0. The molecule has 2 heteroatoms. The van der Waals surface area contributed by atoms with Crippen LogP contribution in [0.3, 0.4) is 0 Å². The van der Waals surface area contributed by atoms with Gasteiger partial charge in [0.05, 0.1) is 7.11 Å². The first-order chi connectivity index (χ1) is 9.15. The molecule has 1 aliphatic carbocycles. The van der Waals surface area contributed by atoms with Crippen LogP contribution in [0.25, 0.3) is 0 Å². The number of hydrogen-bond donors (Lipinski definition) is 1. The lowest BCUT2D eigenvalue weighted by atomic mass is 9.73. The van der Waals surface area contributed by atoms with E-state index in [1.54, 1.807) is 7.11 Å². The van der Waals surface area contributed by atoms with Crippen LogP contribution in [0.15, 0.2) is 18.2 Å². The second-order valence-corrected chi connectivity index (χ2v) is 5.96. The molecule has 3 atom stereocenters. The maximum absolute atomic E-state index is 6.38. The molecular formula is C17H27NO. The Morgan fingerprint density at radius 2 is 2.11 bits per heavy atom. The molecule has 106 valence electrons. The summed E-state index contributed by atoms with van der Waals surface area (Å²) in [5.41, 5.74) is 9.12. The van der Waals surface area contributed by atoms with E-state index in [9.17, 15) is 0 Å². The highest BCUT2D eigenvalue weighted by atomic mass is 16.5. The van der Waals surface area contributed by atoms with Crippen molar-refractivity contribution in [3.05, 3.63) is 29.3 Å². The molecule has 0 spiro atoms. The van der Waals surface area contributed by atoms with Crippen molar-refractivity contribution in [1.29, 1.82) is 0 Å². The summed E-state index contributed by atoms with van der Waals surface area (Å²) in [5.74, 6) is 2.32. The summed E-state index contributed by atoms with van der Waals surface area (Å²) in [6.45, 7) is 4.45. The van der Waals surface area contributed by atoms with Gasteiger partial charge in [0.25, 0.3) is 0 Å². The van der Waals surface area contributed by atoms with Crippen LogP contribution < -0.4 is 10.5 Å². The average molecular weight is 261 g/mol. The topological polar surface area (TPSA) is 35.2 Å². The fourth-order valence-electron chi connectivity index (χ4n) is 3.50. The first-order valence-electron chi connectivity index (χ1n) is 7.55. The van der Waals surface area contributed by atoms with Crippen molar-refractivity contribution >= 4 is 0 Å². The minimum absolute atomic E-state index is 0.320. The monoisotopic (exact) mass is 261 g/mol. The highest BCUT2D eigenvalue weighted by molar-refractivity contribution is 5.37. The van der Waals surface area contributed by atoms with E-state index >= 15 is 0 Å². The Hall–Kier alpha value is -1.02. The molecule has 0 heterocycles. The lowest BCUT2D eigenvalue weighted by Crippen LogP contribution is -2.35. The fourth-order valence-corrected chi connectivity index (χ4v) is 3.50. The number of methoxy groups -OCH3 is 1. The maximum Gasteiger partial charge on any atom is 0.119 e. The quantitative estimate of drug-likeness (QED) is 0.888. The first kappa shape index (κ1) is 14.4. The Labute approximate surface area is 117 Å². The van der Waals surface area contributed by atoms with Crippen molar-refractivity contribution in [3.63, 3.8) is 0 Å². The van der Waals surface area contributed by atoms with Crippen LogP contribution in [-0.4, -0.2) is 13.2 Å². The molecule has 2 nitrogen and oxygen atoms in total. The molecule has 0 aliphatic heterocycles. The molecule has 0 bridgehead atoms. The van der Waals surface area contributed by atoms with Gasteiger partial charge in [-0.1, -0.05) is 25.8 Å². The van der Waals surface area contributed by atoms with Gasteiger partial charge < -0.3 is 10.5 Å². The number of rotatable bonds is 4. The molecule has 1 aromatic carbocycles. The number of hydrogen-bond acceptors (Lipinski definition) is 2. The van der Waals surface area contributed by atoms with Gasteiger partial charge in [-0.2, -0.15) is 0 Å². The van der Waals surface area contributed by atoms with E-state index in [1.807, 2.05) is 0 Å². The van der Waals surface area contributed by atoms with Gasteiger partial charge in [0.2, 0.25) is 0 Å². The van der Waals surface area contributed by atoms with Gasteiger partial charge in [-0.05, 0) is 61.3 Å². The molecule has 0 radical (unpaired) electrons. The molecule has 3 unspecified atom stereocenters. The van der Waals surface area contributed by atoms with E-state index in [0.29, 0.717) is 12.0 Å². The van der Waals surface area contributed by atoms with E-state index in [4.69, 9.17) is 10.5 Å². The summed E-state index contributed by atoms with van der Waals surface area (Å²) in [5, 5.41) is 0. The number of ether oxygens (including phenoxy) is 1. The third-order valence-electron chi connectivity index (χ3n) is 4.59. The van der Waals surface area contributed by atoms with Crippen molar-refractivity contribution in [2.45, 2.75) is 57.9 Å². The molecule has 0 aromatic heterocycles. The van der Waals surface area contributed by atoms with Gasteiger partial charge in [-0.15, -0.1) is 0 Å². The lowest BCUT2D eigenvalue weighted by molar-refractivity contribution is 0.273. The van der Waals surface area contributed by atoms with Crippen LogP contribution in [0, 0.1) is 12.8 Å². The molecular weight excluding hydrogens is 234 g/mol. The van der Waals surface area contributed by atoms with Gasteiger partial charge in [0, 0.05) is 6.04 Å². The predicted octanol–water partition coefficient (Wildman–Crippen LogP) is 4.01. The second kappa shape index (κ2) is 6.42. The van der Waals surface area contributed by atoms with Crippen molar-refractivity contribution in [2.75, 3.05) is 7.11 Å². The second-order valence-electron chi connectivity index (χ2n) is 5.96. The normalized spacial score (nSPS) is 27.3. The minimum atomic E-state index is 0.320. The summed E-state index contributed by atoms with van der Waals surface area (Å²) in [7, 11) is 1.72. The zero-order chi connectivity index (χ0) is 13.8. The van der Waals surface area contributed by atoms with Crippen LogP contribution >= 0.6 is 0 Å². The third kappa shape index (κ3) is 3.30. The standard InChI is InChI=1S/C17H27NO/c1-4-5-13-6-9-17(18)16(11-13)15-8-7-14(19-3)10-12(15)2/h7-8,10,13,16-17H,4-6,9,11,18H2,1-3H3. The fraction of sp³-hybridized carbons (Fsp3) is 0.647. The molecule has 2 N–H and O–H groups in total. The third-order valence-corrected chi connectivity index (χ3v) is 4.59. The van der Waals surface area contributed by atoms with Crippen molar-refractivity contribution in [3.8, 4) is 5.75 Å². The van der Waals surface area contributed by atoms with E-state index in [2.05, 4.69) is 32.0 Å². The molecule has 0 saturated heterocycles. The van der Waals surface area contributed by atoms with Crippen LogP contribution in [0.2, 0.25) is 0 Å².